The molecule has 3 aliphatic rings. The second-order valence-corrected chi connectivity index (χ2v) is 15.9. The molecule has 0 amide bonds. The van der Waals surface area contributed by atoms with Crippen LogP contribution in [0, 0.1) is 0 Å². The van der Waals surface area contributed by atoms with Crippen LogP contribution >= 0.6 is 13.4 Å². The third-order valence-corrected chi connectivity index (χ3v) is 10.7. The minimum atomic E-state index is -4.48. The first-order chi connectivity index (χ1) is 21.2. The lowest BCUT2D eigenvalue weighted by Crippen LogP contribution is -2.46. The number of halogens is 2. The lowest BCUT2D eigenvalue weighted by Gasteiger charge is -2.34. The Morgan fingerprint density at radius 2 is 1.78 bits per heavy atom. The molecule has 8 atom stereocenters. The highest BCUT2D eigenvalue weighted by Gasteiger charge is 2.60. The molecule has 0 aromatic carbocycles. The number of hydrogen-bond acceptors (Lipinski definition) is 15. The number of aromatic amines is 1. The second-order valence-electron chi connectivity index (χ2n) is 10.3. The van der Waals surface area contributed by atoms with E-state index in [2.05, 4.69) is 24.9 Å². The zero-order valence-electron chi connectivity index (χ0n) is 22.5. The normalized spacial score (nSPS) is 37.7. The number of alkyl halides is 2. The molecular formula is C21H23F2N9O9P2S2. The van der Waals surface area contributed by atoms with E-state index in [1.54, 1.807) is 0 Å². The molecular weight excluding hydrogens is 686 g/mol. The average molecular weight is 710 g/mol. The van der Waals surface area contributed by atoms with Gasteiger partial charge in [-0.25, -0.2) is 23.7 Å². The van der Waals surface area contributed by atoms with E-state index in [4.69, 9.17) is 62.6 Å². The molecule has 0 saturated carbocycles. The van der Waals surface area contributed by atoms with Crippen LogP contribution in [0.25, 0.3) is 22.2 Å². The standard InChI is InChI=1S/C21H23F2N9O9P2S2/c22-13-10-3-38-42(34,44)40-14-11(36-5-20(14,23)31-2-1-9-15(24)26-7-27-16(9)31)4-39-43(35,45)41-21(13,6-37-10)32-8-28-12-17(32)29-19(25)30-18(12)33/h1-2,7-8,10-11,13-14H,3-6H2,(H,34,44)(H,35,45)(H2,24,26,27)(H3,25,29,30,33)/t10-,11-,13-,14-,20+,21+,42?,43?/m1/s1. The van der Waals surface area contributed by atoms with Crippen LogP contribution in [0.4, 0.5) is 20.5 Å². The summed E-state index contributed by atoms with van der Waals surface area (Å²) in [6, 6.07) is 1.48. The van der Waals surface area contributed by atoms with E-state index in [1.165, 1.54) is 12.3 Å². The van der Waals surface area contributed by atoms with Crippen molar-refractivity contribution in [2.45, 2.75) is 36.0 Å². The molecule has 3 fully saturated rings. The number of nitrogens with one attached hydrogen (secondary N) is 1. The largest absolute Gasteiger partial charge is 0.383 e. The van der Waals surface area contributed by atoms with Gasteiger partial charge in [0, 0.05) is 6.20 Å². The predicted molar refractivity (Wildman–Crippen MR) is 157 cm³/mol. The average Bonchev–Trinajstić information content (AvgIpc) is 3.73. The van der Waals surface area contributed by atoms with E-state index in [0.29, 0.717) is 5.39 Å². The van der Waals surface area contributed by atoms with Crippen molar-refractivity contribution in [2.75, 3.05) is 37.9 Å². The third-order valence-electron chi connectivity index (χ3n) is 7.60. The van der Waals surface area contributed by atoms with Gasteiger partial charge in [0.05, 0.1) is 31.5 Å². The summed E-state index contributed by atoms with van der Waals surface area (Å²) in [5, 5.41) is 0.329. The van der Waals surface area contributed by atoms with Crippen LogP contribution in [0.2, 0.25) is 0 Å². The van der Waals surface area contributed by atoms with Crippen LogP contribution < -0.4 is 17.0 Å². The van der Waals surface area contributed by atoms with Crippen molar-refractivity contribution in [3.8, 4) is 0 Å². The Balaban J connectivity index is 1.28. The van der Waals surface area contributed by atoms with Crippen molar-refractivity contribution in [3.05, 3.63) is 35.3 Å². The number of nitrogen functional groups attached to an aromatic ring is 2. The first-order valence-electron chi connectivity index (χ1n) is 12.9. The minimum absolute atomic E-state index is 0.0815. The van der Waals surface area contributed by atoms with Gasteiger partial charge in [-0.15, -0.1) is 0 Å². The van der Waals surface area contributed by atoms with E-state index in [0.717, 1.165) is 21.8 Å². The summed E-state index contributed by atoms with van der Waals surface area (Å²) in [5.74, 6) is -2.81. The van der Waals surface area contributed by atoms with Gasteiger partial charge >= 0.3 is 13.4 Å². The Morgan fingerprint density at radius 3 is 2.58 bits per heavy atom. The van der Waals surface area contributed by atoms with Gasteiger partial charge < -0.3 is 39.8 Å². The van der Waals surface area contributed by atoms with Crippen molar-refractivity contribution < 1.29 is 46.1 Å². The van der Waals surface area contributed by atoms with Gasteiger partial charge in [-0.05, 0) is 29.7 Å². The molecule has 18 nitrogen and oxygen atoms in total. The number of ether oxygens (including phenoxy) is 2. The first kappa shape index (κ1) is 31.0. The fraction of sp³-hybridized carbons (Fsp3) is 0.476. The molecule has 4 aromatic heterocycles. The molecule has 0 spiro atoms. The van der Waals surface area contributed by atoms with Crippen molar-refractivity contribution in [1.29, 1.82) is 0 Å². The number of rotatable bonds is 2. The Bertz CT molecular complexity index is 1980. The van der Waals surface area contributed by atoms with Crippen molar-refractivity contribution in [2.24, 2.45) is 0 Å². The quantitative estimate of drug-likeness (QED) is 0.172. The van der Waals surface area contributed by atoms with Gasteiger partial charge in [-0.2, -0.15) is 4.98 Å². The zero-order valence-corrected chi connectivity index (χ0v) is 25.9. The monoisotopic (exact) mass is 709 g/mol. The van der Waals surface area contributed by atoms with Crippen LogP contribution in [-0.2, 0) is 62.7 Å². The fourth-order valence-electron chi connectivity index (χ4n) is 5.52. The molecule has 45 heavy (non-hydrogen) atoms. The fourth-order valence-corrected chi connectivity index (χ4v) is 8.56. The van der Waals surface area contributed by atoms with Crippen molar-refractivity contribution >= 4 is 71.0 Å². The molecule has 24 heteroatoms. The van der Waals surface area contributed by atoms with Crippen molar-refractivity contribution in [1.82, 2.24) is 34.1 Å². The molecule has 2 unspecified atom stereocenters. The molecule has 2 bridgehead atoms. The van der Waals surface area contributed by atoms with Crippen LogP contribution in [0.1, 0.15) is 0 Å². The molecule has 7 N–H and O–H groups in total. The van der Waals surface area contributed by atoms with E-state index in [-0.39, 0.29) is 28.6 Å². The molecule has 7 heterocycles. The van der Waals surface area contributed by atoms with E-state index in [9.17, 15) is 14.6 Å². The Labute approximate surface area is 260 Å². The number of fused-ring (bicyclic) bond motifs is 5. The lowest BCUT2D eigenvalue weighted by atomic mass is 10.1. The summed E-state index contributed by atoms with van der Waals surface area (Å²) in [5.41, 5.74) is 8.20. The SMILES string of the molecule is Nc1nc2c(ncn2[C@@]23CO[C@H](COP(O)(=S)O[C@@H]4[C@@H](COP(O)(=S)O2)OC[C@]4(F)n2ccc4c(N)ncnc42)[C@H]3F)c(=O)[nH]1. The maximum atomic E-state index is 17.0. The number of hydrogen-bond donors (Lipinski definition) is 5. The summed E-state index contributed by atoms with van der Waals surface area (Å²) < 4.78 is 69.2. The number of anilines is 2. The van der Waals surface area contributed by atoms with Crippen LogP contribution in [0.15, 0.2) is 29.7 Å². The van der Waals surface area contributed by atoms with Crippen LogP contribution in [0.5, 0.6) is 0 Å². The molecule has 3 saturated heterocycles. The lowest BCUT2D eigenvalue weighted by molar-refractivity contribution is -0.0715. The molecule has 4 aromatic rings. The maximum absolute atomic E-state index is 17.0. The van der Waals surface area contributed by atoms with Gasteiger partial charge in [0.1, 0.15) is 36.6 Å². The van der Waals surface area contributed by atoms with Gasteiger partial charge in [-0.3, -0.25) is 28.0 Å². The Kier molecular flexibility index (Phi) is 7.39. The van der Waals surface area contributed by atoms with Crippen LogP contribution in [-0.4, -0.2) is 94.8 Å². The molecule has 242 valence electrons. The third kappa shape index (κ3) is 5.09. The van der Waals surface area contributed by atoms with Gasteiger partial charge in [0.2, 0.25) is 17.5 Å². The molecule has 0 radical (unpaired) electrons. The predicted octanol–water partition coefficient (Wildman–Crippen LogP) is 0.0219. The Hall–Kier alpha value is -2.59. The number of nitrogens with zero attached hydrogens (tertiary/aromatic N) is 6. The molecule has 0 aliphatic carbocycles. The smallest absolute Gasteiger partial charge is 0.326 e. The first-order valence-corrected chi connectivity index (χ1v) is 18.1. The van der Waals surface area contributed by atoms with E-state index < -0.39 is 81.4 Å². The zero-order chi connectivity index (χ0) is 31.9. The van der Waals surface area contributed by atoms with Gasteiger partial charge in [0.25, 0.3) is 5.56 Å². The van der Waals surface area contributed by atoms with Crippen molar-refractivity contribution in [3.63, 3.8) is 0 Å². The summed E-state index contributed by atoms with van der Waals surface area (Å²) in [6.07, 6.45) is -3.35. The second kappa shape index (κ2) is 10.7. The number of aromatic nitrogens is 7. The Morgan fingerprint density at radius 1 is 1.04 bits per heavy atom. The summed E-state index contributed by atoms with van der Waals surface area (Å²) in [4.78, 5) is 53.0. The highest BCUT2D eigenvalue weighted by molar-refractivity contribution is 8.07. The van der Waals surface area contributed by atoms with E-state index in [1.807, 2.05) is 0 Å². The van der Waals surface area contributed by atoms with Gasteiger partial charge in [-0.1, -0.05) is 0 Å². The summed E-state index contributed by atoms with van der Waals surface area (Å²) in [6.45, 7) is -11.5. The highest BCUT2D eigenvalue weighted by Crippen LogP contribution is 2.57. The maximum Gasteiger partial charge on any atom is 0.326 e. The van der Waals surface area contributed by atoms with Crippen LogP contribution in [0.3, 0.4) is 0 Å². The van der Waals surface area contributed by atoms with Gasteiger partial charge in [0.15, 0.2) is 23.4 Å². The molecule has 3 aliphatic heterocycles. The topological polar surface area (TPSA) is 242 Å². The molecule has 7 rings (SSSR count). The number of H-pyrrole nitrogens is 1. The summed E-state index contributed by atoms with van der Waals surface area (Å²) in [7, 11) is 0. The van der Waals surface area contributed by atoms with E-state index >= 15 is 8.78 Å². The minimum Gasteiger partial charge on any atom is -0.383 e. The number of imidazole rings is 1. The summed E-state index contributed by atoms with van der Waals surface area (Å²) >= 11 is 10.4. The highest BCUT2D eigenvalue weighted by atomic mass is 32.5. The number of nitrogens with two attached hydrogens (primary N) is 2.